The van der Waals surface area contributed by atoms with Gasteiger partial charge in [0.25, 0.3) is 0 Å². The van der Waals surface area contributed by atoms with Crippen LogP contribution in [0.15, 0.2) is 18.5 Å². The molecule has 2 unspecified atom stereocenters. The van der Waals surface area contributed by atoms with E-state index in [-0.39, 0.29) is 23.6 Å². The van der Waals surface area contributed by atoms with E-state index in [1.165, 1.54) is 12.5 Å². The molecule has 0 aromatic carbocycles. The number of nitrogens with one attached hydrogen (secondary N) is 1. The number of aromatic nitrogens is 4. The Morgan fingerprint density at radius 2 is 2.06 bits per heavy atom. The highest BCUT2D eigenvalue weighted by atomic mass is 32.2. The molecule has 0 saturated carbocycles. The van der Waals surface area contributed by atoms with Gasteiger partial charge < -0.3 is 19.4 Å². The first-order valence-corrected chi connectivity index (χ1v) is 12.5. The molecule has 0 spiro atoms. The fourth-order valence-electron chi connectivity index (χ4n) is 4.36. The number of ether oxygens (including phenoxy) is 2. The predicted molar refractivity (Wildman–Crippen MR) is 122 cm³/mol. The Balaban J connectivity index is 1.86. The smallest absolute Gasteiger partial charge is 0.185 e. The topological polar surface area (TPSA) is 134 Å². The molecule has 1 N–H and O–H groups in total. The van der Waals surface area contributed by atoms with Crippen LogP contribution in [0, 0.1) is 11.3 Å². The summed E-state index contributed by atoms with van der Waals surface area (Å²) in [7, 11) is -3.58. The van der Waals surface area contributed by atoms with E-state index in [0.29, 0.717) is 53.5 Å². The summed E-state index contributed by atoms with van der Waals surface area (Å²) < 4.78 is 36.0. The molecule has 0 bridgehead atoms. The lowest BCUT2D eigenvalue weighted by molar-refractivity contribution is 0.0482. The Hall–Kier alpha value is -3.23. The summed E-state index contributed by atoms with van der Waals surface area (Å²) in [5.74, 6) is 1.13. The van der Waals surface area contributed by atoms with Crippen molar-refractivity contribution in [3.05, 3.63) is 29.7 Å². The minimum atomic E-state index is -3.58. The molecule has 33 heavy (non-hydrogen) atoms. The van der Waals surface area contributed by atoms with Crippen molar-refractivity contribution in [1.82, 2.24) is 19.9 Å². The second-order valence-corrected chi connectivity index (χ2v) is 11.6. The quantitative estimate of drug-likeness (QED) is 0.613. The van der Waals surface area contributed by atoms with Crippen LogP contribution in [0.25, 0.3) is 22.4 Å². The van der Waals surface area contributed by atoms with Gasteiger partial charge in [-0.2, -0.15) is 5.26 Å². The number of aromatic amines is 1. The molecule has 172 valence electrons. The number of pyridine rings is 1. The number of hydrogen-bond donors (Lipinski definition) is 1. The standard InChI is InChI=1S/C22H24N6O4S/c1-12-9-31-10-14-11-32-17-18(22(2,3)33(4,29)30)26-20(27-21(17)28(12)14)16-13(7-23)8-25-19-15(16)5-6-24-19/h5-6,8,12,14H,9-11H2,1-4H3,(H,24,25). The molecular weight excluding hydrogens is 444 g/mol. The van der Waals surface area contributed by atoms with Crippen molar-refractivity contribution in [3.63, 3.8) is 0 Å². The molecule has 1 saturated heterocycles. The van der Waals surface area contributed by atoms with Crippen LogP contribution in [0.3, 0.4) is 0 Å². The van der Waals surface area contributed by atoms with E-state index in [4.69, 9.17) is 19.4 Å². The van der Waals surface area contributed by atoms with Crippen molar-refractivity contribution in [2.24, 2.45) is 0 Å². The van der Waals surface area contributed by atoms with Gasteiger partial charge in [0, 0.05) is 29.6 Å². The number of nitrogens with zero attached hydrogens (tertiary/aromatic N) is 5. The second kappa shape index (κ2) is 7.40. The molecule has 11 heteroatoms. The lowest BCUT2D eigenvalue weighted by Gasteiger charge is -2.45. The molecule has 3 aromatic heterocycles. The average molecular weight is 469 g/mol. The minimum absolute atomic E-state index is 0.00324. The zero-order chi connectivity index (χ0) is 23.5. The number of hydrogen-bond acceptors (Lipinski definition) is 9. The van der Waals surface area contributed by atoms with E-state index < -0.39 is 14.6 Å². The molecule has 10 nitrogen and oxygen atoms in total. The van der Waals surface area contributed by atoms with E-state index in [1.807, 2.05) is 6.92 Å². The Bertz CT molecular complexity index is 1410. The molecule has 2 atom stereocenters. The van der Waals surface area contributed by atoms with E-state index in [0.717, 1.165) is 0 Å². The highest BCUT2D eigenvalue weighted by Gasteiger charge is 2.44. The lowest BCUT2D eigenvalue weighted by atomic mass is 10.0. The highest BCUT2D eigenvalue weighted by Crippen LogP contribution is 2.45. The molecular formula is C22H24N6O4S. The minimum Gasteiger partial charge on any atom is -0.486 e. The number of anilines is 1. The largest absolute Gasteiger partial charge is 0.486 e. The maximum atomic E-state index is 12.8. The molecule has 0 radical (unpaired) electrons. The monoisotopic (exact) mass is 468 g/mol. The van der Waals surface area contributed by atoms with Gasteiger partial charge in [0.1, 0.15) is 28.8 Å². The third-order valence-corrected chi connectivity index (χ3v) is 8.53. The first-order chi connectivity index (χ1) is 15.6. The Morgan fingerprint density at radius 3 is 2.79 bits per heavy atom. The summed E-state index contributed by atoms with van der Waals surface area (Å²) in [5.41, 5.74) is 1.66. The molecule has 5 heterocycles. The van der Waals surface area contributed by atoms with Gasteiger partial charge in [0.05, 0.1) is 30.9 Å². The third kappa shape index (κ3) is 3.24. The van der Waals surface area contributed by atoms with Crippen LogP contribution >= 0.6 is 0 Å². The van der Waals surface area contributed by atoms with Crippen molar-refractivity contribution in [1.29, 1.82) is 5.26 Å². The fraction of sp³-hybridized carbons (Fsp3) is 0.455. The zero-order valence-electron chi connectivity index (χ0n) is 18.8. The molecule has 0 aliphatic carbocycles. The van der Waals surface area contributed by atoms with Crippen LogP contribution in [-0.4, -0.2) is 66.5 Å². The average Bonchev–Trinajstić information content (AvgIpc) is 3.25. The Morgan fingerprint density at radius 1 is 1.27 bits per heavy atom. The predicted octanol–water partition coefficient (Wildman–Crippen LogP) is 2.16. The van der Waals surface area contributed by atoms with Gasteiger partial charge in [-0.25, -0.2) is 23.4 Å². The first kappa shape index (κ1) is 21.6. The van der Waals surface area contributed by atoms with Gasteiger partial charge in [-0.15, -0.1) is 0 Å². The molecule has 5 rings (SSSR count). The summed E-state index contributed by atoms with van der Waals surface area (Å²) >= 11 is 0. The molecule has 0 amide bonds. The van der Waals surface area contributed by atoms with Crippen molar-refractivity contribution in [3.8, 4) is 23.2 Å². The van der Waals surface area contributed by atoms with E-state index in [1.54, 1.807) is 26.1 Å². The van der Waals surface area contributed by atoms with E-state index >= 15 is 0 Å². The van der Waals surface area contributed by atoms with Crippen LogP contribution in [-0.2, 0) is 19.3 Å². The maximum Gasteiger partial charge on any atom is 0.185 e. The lowest BCUT2D eigenvalue weighted by Crippen LogP contribution is -2.56. The highest BCUT2D eigenvalue weighted by molar-refractivity contribution is 7.91. The third-order valence-electron chi connectivity index (χ3n) is 6.48. The van der Waals surface area contributed by atoms with E-state index in [2.05, 4.69) is 20.9 Å². The molecule has 1 fully saturated rings. The number of rotatable bonds is 3. The van der Waals surface area contributed by atoms with Crippen molar-refractivity contribution >= 4 is 26.7 Å². The number of H-pyrrole nitrogens is 1. The van der Waals surface area contributed by atoms with Crippen molar-refractivity contribution < 1.29 is 17.9 Å². The summed E-state index contributed by atoms with van der Waals surface area (Å²) in [6.07, 6.45) is 4.38. The Kier molecular flexibility index (Phi) is 4.84. The van der Waals surface area contributed by atoms with Gasteiger partial charge in [-0.1, -0.05) is 0 Å². The van der Waals surface area contributed by atoms with Gasteiger partial charge in [0.2, 0.25) is 0 Å². The SMILES string of the molecule is CC1COCC2COc3c(nc(-c4c(C#N)cnc5[nH]ccc45)nc3C(C)(C)S(C)(=O)=O)N12. The van der Waals surface area contributed by atoms with Crippen LogP contribution in [0.5, 0.6) is 5.75 Å². The maximum absolute atomic E-state index is 12.8. The fourth-order valence-corrected chi connectivity index (χ4v) is 4.85. The summed E-state index contributed by atoms with van der Waals surface area (Å²) in [6.45, 7) is 6.58. The normalized spacial score (nSPS) is 20.6. The number of fused-ring (bicyclic) bond motifs is 4. The number of morpholine rings is 1. The van der Waals surface area contributed by atoms with Crippen molar-refractivity contribution in [2.75, 3.05) is 31.0 Å². The van der Waals surface area contributed by atoms with Crippen LogP contribution in [0.1, 0.15) is 32.0 Å². The van der Waals surface area contributed by atoms with Gasteiger partial charge in [-0.05, 0) is 26.8 Å². The van der Waals surface area contributed by atoms with Gasteiger partial charge in [0.15, 0.2) is 27.2 Å². The Labute approximate surface area is 191 Å². The summed E-state index contributed by atoms with van der Waals surface area (Å²) in [4.78, 5) is 19.0. The van der Waals surface area contributed by atoms with Crippen LogP contribution in [0.4, 0.5) is 5.82 Å². The zero-order valence-corrected chi connectivity index (χ0v) is 19.6. The number of nitriles is 1. The molecule has 2 aliphatic heterocycles. The molecule has 2 aliphatic rings. The van der Waals surface area contributed by atoms with Crippen molar-refractivity contribution in [2.45, 2.75) is 37.6 Å². The first-order valence-electron chi connectivity index (χ1n) is 10.6. The summed E-state index contributed by atoms with van der Waals surface area (Å²) in [5, 5.41) is 10.5. The molecule has 3 aromatic rings. The van der Waals surface area contributed by atoms with Gasteiger partial charge in [-0.3, -0.25) is 0 Å². The second-order valence-electron chi connectivity index (χ2n) is 8.99. The summed E-state index contributed by atoms with van der Waals surface area (Å²) in [6, 6.07) is 3.92. The van der Waals surface area contributed by atoms with Crippen LogP contribution < -0.4 is 9.64 Å². The van der Waals surface area contributed by atoms with Gasteiger partial charge >= 0.3 is 0 Å². The van der Waals surface area contributed by atoms with Crippen LogP contribution in [0.2, 0.25) is 0 Å². The van der Waals surface area contributed by atoms with E-state index in [9.17, 15) is 13.7 Å². The number of sulfone groups is 1.